The van der Waals surface area contributed by atoms with Crippen molar-refractivity contribution in [3.05, 3.63) is 12.2 Å². The van der Waals surface area contributed by atoms with Crippen LogP contribution in [0.3, 0.4) is 0 Å². The Morgan fingerprint density at radius 3 is 0.855 bits per heavy atom. The van der Waals surface area contributed by atoms with E-state index in [9.17, 15) is 19.8 Å². The van der Waals surface area contributed by atoms with Crippen molar-refractivity contribution in [2.24, 2.45) is 0 Å². The molecule has 0 rings (SSSR count). The number of carbonyl (C=O) groups excluding carboxylic acids is 2. The maximum absolute atomic E-state index is 12.6. The summed E-state index contributed by atoms with van der Waals surface area (Å²) in [5.41, 5.74) is 0. The molecule has 1 amide bonds. The molecule has 2 unspecified atom stereocenters. The van der Waals surface area contributed by atoms with E-state index in [1.54, 1.807) is 0 Å². The van der Waals surface area contributed by atoms with Crippen molar-refractivity contribution in [2.75, 3.05) is 13.2 Å². The Labute approximate surface area is 520 Å². The average Bonchev–Trinajstić information content (AvgIpc) is 3.49. The van der Waals surface area contributed by atoms with E-state index < -0.39 is 12.1 Å². The number of aliphatic hydroxyl groups is 2. The average molecular weight is 1170 g/mol. The molecule has 0 fully saturated rings. The van der Waals surface area contributed by atoms with Crippen LogP contribution in [0.5, 0.6) is 0 Å². The van der Waals surface area contributed by atoms with Gasteiger partial charge in [0, 0.05) is 12.8 Å². The number of hydrogen-bond acceptors (Lipinski definition) is 5. The molecule has 0 bridgehead atoms. The molecule has 0 aliphatic rings. The molecular formula is C77H151NO5. The van der Waals surface area contributed by atoms with Crippen molar-refractivity contribution in [3.63, 3.8) is 0 Å². The van der Waals surface area contributed by atoms with E-state index >= 15 is 0 Å². The Kier molecular flexibility index (Phi) is 71.8. The molecule has 0 saturated carbocycles. The molecule has 6 heteroatoms. The highest BCUT2D eigenvalue weighted by molar-refractivity contribution is 5.76. The second kappa shape index (κ2) is 73.1. The molecule has 0 aromatic carbocycles. The van der Waals surface area contributed by atoms with E-state index in [4.69, 9.17) is 4.74 Å². The standard InChI is InChI=1S/C77H151NO5/c1-3-5-7-9-11-13-15-17-19-21-22-23-24-25-28-31-34-38-41-45-49-53-57-61-65-69-75(80)74(73-79)78-76(81)70-66-62-58-54-50-46-42-39-35-32-29-26-27-30-33-36-40-44-48-52-56-60-64-68-72-83-77(82)71-67-63-59-55-51-47-43-37-20-18-16-14-12-10-8-6-4-2/h18,20,74-75,79-80H,3-17,19,21-73H2,1-2H3,(H,78,81)/b20-18-. The lowest BCUT2D eigenvalue weighted by Gasteiger charge is -2.22. The molecule has 0 heterocycles. The number of rotatable bonds is 73. The highest BCUT2D eigenvalue weighted by Gasteiger charge is 2.20. The molecule has 2 atom stereocenters. The van der Waals surface area contributed by atoms with Gasteiger partial charge in [-0.1, -0.05) is 392 Å². The number of carbonyl (C=O) groups is 2. The first-order valence-corrected chi connectivity index (χ1v) is 38.4. The molecule has 0 aromatic rings. The maximum atomic E-state index is 12.6. The number of ether oxygens (including phenoxy) is 1. The summed E-state index contributed by atoms with van der Waals surface area (Å²) in [6.45, 7) is 5.00. The minimum Gasteiger partial charge on any atom is -0.466 e. The lowest BCUT2D eigenvalue weighted by molar-refractivity contribution is -0.143. The molecule has 3 N–H and O–H groups in total. The van der Waals surface area contributed by atoms with Crippen molar-refractivity contribution in [2.45, 2.75) is 456 Å². The van der Waals surface area contributed by atoms with E-state index in [2.05, 4.69) is 31.3 Å². The third-order valence-electron chi connectivity index (χ3n) is 18.3. The van der Waals surface area contributed by atoms with Gasteiger partial charge in [0.1, 0.15) is 0 Å². The fourth-order valence-electron chi connectivity index (χ4n) is 12.5. The highest BCUT2D eigenvalue weighted by Crippen LogP contribution is 2.20. The van der Waals surface area contributed by atoms with Crippen LogP contribution in [0, 0.1) is 0 Å². The monoisotopic (exact) mass is 1170 g/mol. The molecule has 83 heavy (non-hydrogen) atoms. The minimum atomic E-state index is -0.665. The van der Waals surface area contributed by atoms with Gasteiger partial charge in [-0.15, -0.1) is 0 Å². The van der Waals surface area contributed by atoms with Crippen LogP contribution < -0.4 is 5.32 Å². The van der Waals surface area contributed by atoms with Crippen LogP contribution >= 0.6 is 0 Å². The molecule has 0 saturated heterocycles. The predicted octanol–water partition coefficient (Wildman–Crippen LogP) is 25.1. The third kappa shape index (κ3) is 69.6. The lowest BCUT2D eigenvalue weighted by Crippen LogP contribution is -2.45. The topological polar surface area (TPSA) is 95.9 Å². The maximum Gasteiger partial charge on any atom is 0.305 e. The lowest BCUT2D eigenvalue weighted by atomic mass is 10.0. The van der Waals surface area contributed by atoms with Gasteiger partial charge in [-0.05, 0) is 51.4 Å². The Balaban J connectivity index is 3.36. The van der Waals surface area contributed by atoms with Crippen molar-refractivity contribution in [1.29, 1.82) is 0 Å². The Hall–Kier alpha value is -1.40. The van der Waals surface area contributed by atoms with E-state index in [1.165, 1.54) is 366 Å². The summed E-state index contributed by atoms with van der Waals surface area (Å²) in [5, 5.41) is 23.5. The third-order valence-corrected chi connectivity index (χ3v) is 18.3. The normalized spacial score (nSPS) is 12.5. The van der Waals surface area contributed by atoms with Crippen LogP contribution in [0.4, 0.5) is 0 Å². The summed E-state index contributed by atoms with van der Waals surface area (Å²) in [7, 11) is 0. The van der Waals surface area contributed by atoms with Gasteiger partial charge in [-0.3, -0.25) is 9.59 Å². The quantitative estimate of drug-likeness (QED) is 0.0320. The Bertz CT molecular complexity index is 1260. The number of amides is 1. The molecular weight excluding hydrogens is 1020 g/mol. The smallest absolute Gasteiger partial charge is 0.305 e. The van der Waals surface area contributed by atoms with E-state index in [0.717, 1.165) is 44.9 Å². The first-order valence-electron chi connectivity index (χ1n) is 38.4. The summed E-state index contributed by atoms with van der Waals surface area (Å²) < 4.78 is 5.51. The van der Waals surface area contributed by atoms with E-state index in [0.29, 0.717) is 25.9 Å². The fourth-order valence-corrected chi connectivity index (χ4v) is 12.5. The van der Waals surface area contributed by atoms with Gasteiger partial charge in [-0.2, -0.15) is 0 Å². The number of unbranched alkanes of at least 4 members (excludes halogenated alkanes) is 60. The molecule has 0 aromatic heterocycles. The SMILES string of the molecule is CCCCCCCC/C=C\CCCCCCCCCC(=O)OCCCCCCCCCCCCCCCCCCCCCCCCCCC(=O)NC(CO)C(O)CCCCCCCCCCCCCCCCCCCCCCCCCCC. The number of nitrogens with one attached hydrogen (secondary N) is 1. The Morgan fingerprint density at radius 1 is 0.325 bits per heavy atom. The van der Waals surface area contributed by atoms with Gasteiger partial charge < -0.3 is 20.3 Å². The van der Waals surface area contributed by atoms with Gasteiger partial charge >= 0.3 is 5.97 Å². The summed E-state index contributed by atoms with van der Waals surface area (Å²) in [6.07, 6.45) is 91.4. The predicted molar refractivity (Wildman–Crippen MR) is 366 cm³/mol. The van der Waals surface area contributed by atoms with Crippen LogP contribution in [0.15, 0.2) is 12.2 Å². The first kappa shape index (κ1) is 81.6. The molecule has 0 radical (unpaired) electrons. The molecule has 0 spiro atoms. The van der Waals surface area contributed by atoms with Gasteiger partial charge in [-0.25, -0.2) is 0 Å². The summed E-state index contributed by atoms with van der Waals surface area (Å²) >= 11 is 0. The van der Waals surface area contributed by atoms with Crippen LogP contribution in [0.25, 0.3) is 0 Å². The first-order chi connectivity index (χ1) is 41.0. The van der Waals surface area contributed by atoms with Crippen LogP contribution in [0.1, 0.15) is 444 Å². The molecule has 0 aliphatic carbocycles. The van der Waals surface area contributed by atoms with Crippen LogP contribution in [0.2, 0.25) is 0 Å². The number of aliphatic hydroxyl groups excluding tert-OH is 2. The minimum absolute atomic E-state index is 0.0137. The summed E-state index contributed by atoms with van der Waals surface area (Å²) in [5.74, 6) is -0.0141. The zero-order chi connectivity index (χ0) is 59.9. The Morgan fingerprint density at radius 2 is 0.566 bits per heavy atom. The van der Waals surface area contributed by atoms with E-state index in [-0.39, 0.29) is 18.5 Å². The second-order valence-corrected chi connectivity index (χ2v) is 26.7. The van der Waals surface area contributed by atoms with Crippen molar-refractivity contribution < 1.29 is 24.5 Å². The molecule has 0 aliphatic heterocycles. The van der Waals surface area contributed by atoms with Crippen LogP contribution in [-0.4, -0.2) is 47.4 Å². The van der Waals surface area contributed by atoms with Crippen molar-refractivity contribution >= 4 is 11.9 Å². The van der Waals surface area contributed by atoms with Gasteiger partial charge in [0.25, 0.3) is 0 Å². The number of esters is 1. The zero-order valence-corrected chi connectivity index (χ0v) is 56.7. The van der Waals surface area contributed by atoms with Crippen molar-refractivity contribution in [1.82, 2.24) is 5.32 Å². The summed E-state index contributed by atoms with van der Waals surface area (Å²) in [4.78, 5) is 24.7. The molecule has 494 valence electrons. The zero-order valence-electron chi connectivity index (χ0n) is 56.7. The largest absolute Gasteiger partial charge is 0.466 e. The fraction of sp³-hybridized carbons (Fsp3) is 0.948. The van der Waals surface area contributed by atoms with Crippen molar-refractivity contribution in [3.8, 4) is 0 Å². The van der Waals surface area contributed by atoms with Crippen LogP contribution in [-0.2, 0) is 14.3 Å². The van der Waals surface area contributed by atoms with Gasteiger partial charge in [0.2, 0.25) is 5.91 Å². The number of hydrogen-bond donors (Lipinski definition) is 3. The van der Waals surface area contributed by atoms with E-state index in [1.807, 2.05) is 0 Å². The van der Waals surface area contributed by atoms with Gasteiger partial charge in [0.15, 0.2) is 0 Å². The highest BCUT2D eigenvalue weighted by atomic mass is 16.5. The second-order valence-electron chi connectivity index (χ2n) is 26.7. The summed E-state index contributed by atoms with van der Waals surface area (Å²) in [6, 6.07) is -0.542. The van der Waals surface area contributed by atoms with Gasteiger partial charge in [0.05, 0.1) is 25.4 Å². The molecule has 6 nitrogen and oxygen atoms in total. The number of allylic oxidation sites excluding steroid dienone is 2.